The fourth-order valence-corrected chi connectivity index (χ4v) is 3.03. The molecule has 0 aliphatic heterocycles. The van der Waals surface area contributed by atoms with Crippen LogP contribution in [0, 0.1) is 18.9 Å². The van der Waals surface area contributed by atoms with E-state index < -0.39 is 15.8 Å². The Morgan fingerprint density at radius 3 is 2.14 bits per heavy atom. The Hall–Kier alpha value is -2.58. The molecular weight excluding hydrogens is 298 g/mol. The molecule has 0 saturated carbocycles. The maximum atomic E-state index is 12.8. The number of carbonyl (C=O) groups is 1. The molecule has 0 saturated heterocycles. The number of sulfonamides is 1. The highest BCUT2D eigenvalue weighted by molar-refractivity contribution is 7.93. The number of hydrogen-bond donors (Lipinski definition) is 0. The third kappa shape index (κ3) is 3.54. The van der Waals surface area contributed by atoms with Crippen LogP contribution in [0.1, 0.15) is 12.5 Å². The summed E-state index contributed by atoms with van der Waals surface area (Å²) in [5, 5.41) is 0. The second-order valence-corrected chi connectivity index (χ2v) is 6.50. The highest BCUT2D eigenvalue weighted by atomic mass is 32.2. The van der Waals surface area contributed by atoms with Gasteiger partial charge in [0.1, 0.15) is 0 Å². The molecular formula is C17H15NO3S. The minimum atomic E-state index is -3.86. The van der Waals surface area contributed by atoms with Crippen LogP contribution in [0.3, 0.4) is 0 Å². The first kappa shape index (κ1) is 15.8. The molecule has 0 aliphatic rings. The van der Waals surface area contributed by atoms with Gasteiger partial charge in [-0.2, -0.15) is 4.31 Å². The van der Waals surface area contributed by atoms with Crippen LogP contribution in [0.2, 0.25) is 0 Å². The molecule has 0 heterocycles. The second kappa shape index (κ2) is 6.46. The van der Waals surface area contributed by atoms with Gasteiger partial charge in [0.05, 0.1) is 10.6 Å². The van der Waals surface area contributed by atoms with Crippen molar-refractivity contribution in [2.45, 2.75) is 18.7 Å². The van der Waals surface area contributed by atoms with Gasteiger partial charge < -0.3 is 0 Å². The highest BCUT2D eigenvalue weighted by Gasteiger charge is 2.23. The zero-order valence-electron chi connectivity index (χ0n) is 12.3. The number of aryl methyl sites for hydroxylation is 1. The number of para-hydroxylation sites is 1. The molecule has 0 aliphatic carbocycles. The van der Waals surface area contributed by atoms with Gasteiger partial charge in [0, 0.05) is 13.0 Å². The number of carbonyl (C=O) groups excluding carboxylic acids is 1. The molecule has 5 heteroatoms. The topological polar surface area (TPSA) is 54.5 Å². The second-order valence-electron chi connectivity index (χ2n) is 4.71. The van der Waals surface area contributed by atoms with Crippen LogP contribution in [0.15, 0.2) is 59.5 Å². The smallest absolute Gasteiger partial charge is 0.275 e. The van der Waals surface area contributed by atoms with E-state index >= 15 is 0 Å². The van der Waals surface area contributed by atoms with Crippen LogP contribution >= 0.6 is 0 Å². The lowest BCUT2D eigenvalue weighted by molar-refractivity contribution is -0.111. The van der Waals surface area contributed by atoms with E-state index in [1.54, 1.807) is 42.5 Å². The van der Waals surface area contributed by atoms with E-state index in [1.165, 1.54) is 19.1 Å². The predicted octanol–water partition coefficient (Wildman–Crippen LogP) is 2.74. The van der Waals surface area contributed by atoms with Gasteiger partial charge >= 0.3 is 0 Å². The molecule has 22 heavy (non-hydrogen) atoms. The molecule has 0 bridgehead atoms. The number of nitrogens with zero attached hydrogens (tertiary/aromatic N) is 1. The van der Waals surface area contributed by atoms with Crippen LogP contribution in [-0.2, 0) is 14.8 Å². The predicted molar refractivity (Wildman–Crippen MR) is 85.7 cm³/mol. The van der Waals surface area contributed by atoms with Crippen molar-refractivity contribution >= 4 is 21.5 Å². The summed E-state index contributed by atoms with van der Waals surface area (Å²) in [6.45, 7) is 3.16. The monoisotopic (exact) mass is 313 g/mol. The van der Waals surface area contributed by atoms with Crippen molar-refractivity contribution in [1.29, 1.82) is 0 Å². The molecule has 112 valence electrons. The van der Waals surface area contributed by atoms with Crippen LogP contribution in [0.4, 0.5) is 5.69 Å². The van der Waals surface area contributed by atoms with Crippen LogP contribution in [0.25, 0.3) is 0 Å². The molecule has 0 aromatic heterocycles. The summed E-state index contributed by atoms with van der Waals surface area (Å²) in [6.07, 6.45) is 0. The Bertz CT molecular complexity index is 829. The number of hydrogen-bond acceptors (Lipinski definition) is 3. The van der Waals surface area contributed by atoms with E-state index in [0.29, 0.717) is 5.69 Å². The van der Waals surface area contributed by atoms with Gasteiger partial charge in [-0.3, -0.25) is 4.79 Å². The van der Waals surface area contributed by atoms with Gasteiger partial charge in [0.2, 0.25) is 5.78 Å². The van der Waals surface area contributed by atoms with Crippen molar-refractivity contribution in [3.63, 3.8) is 0 Å². The van der Waals surface area contributed by atoms with Gasteiger partial charge in [-0.15, -0.1) is 0 Å². The van der Waals surface area contributed by atoms with Crippen molar-refractivity contribution < 1.29 is 13.2 Å². The zero-order valence-corrected chi connectivity index (χ0v) is 13.1. The van der Waals surface area contributed by atoms with Crippen LogP contribution in [-0.4, -0.2) is 14.2 Å². The third-order valence-electron chi connectivity index (χ3n) is 2.88. The average molecular weight is 313 g/mol. The maximum Gasteiger partial charge on any atom is 0.275 e. The Morgan fingerprint density at radius 1 is 1.00 bits per heavy atom. The maximum absolute atomic E-state index is 12.8. The van der Waals surface area contributed by atoms with Crippen molar-refractivity contribution in [1.82, 2.24) is 0 Å². The molecule has 0 spiro atoms. The normalized spacial score (nSPS) is 10.5. The average Bonchev–Trinajstić information content (AvgIpc) is 2.48. The zero-order chi connectivity index (χ0) is 16.2. The molecule has 2 rings (SSSR count). The molecule has 0 atom stereocenters. The first-order chi connectivity index (χ1) is 10.4. The van der Waals surface area contributed by atoms with Crippen LogP contribution < -0.4 is 4.31 Å². The molecule has 4 nitrogen and oxygen atoms in total. The SMILES string of the molecule is CC(=O)C#CN(c1ccccc1)S(=O)(=O)c1ccc(C)cc1. The van der Waals surface area contributed by atoms with E-state index in [9.17, 15) is 13.2 Å². The van der Waals surface area contributed by atoms with Gasteiger partial charge in [0.15, 0.2) is 0 Å². The first-order valence-corrected chi connectivity index (χ1v) is 8.04. The minimum absolute atomic E-state index is 0.125. The Balaban J connectivity index is 2.56. The summed E-state index contributed by atoms with van der Waals surface area (Å²) in [6, 6.07) is 17.4. The van der Waals surface area contributed by atoms with Gasteiger partial charge in [0.25, 0.3) is 10.0 Å². The molecule has 2 aromatic carbocycles. The van der Waals surface area contributed by atoms with E-state index in [4.69, 9.17) is 0 Å². The van der Waals surface area contributed by atoms with Crippen molar-refractivity contribution in [3.05, 3.63) is 60.2 Å². The number of benzene rings is 2. The molecule has 2 aromatic rings. The lowest BCUT2D eigenvalue weighted by Gasteiger charge is -2.17. The number of rotatable bonds is 3. The summed E-state index contributed by atoms with van der Waals surface area (Å²) in [4.78, 5) is 11.2. The lowest BCUT2D eigenvalue weighted by atomic mass is 10.2. The summed E-state index contributed by atoms with van der Waals surface area (Å²) >= 11 is 0. The van der Waals surface area contributed by atoms with Crippen molar-refractivity contribution in [3.8, 4) is 12.0 Å². The molecule has 0 N–H and O–H groups in total. The quantitative estimate of drug-likeness (QED) is 0.647. The fourth-order valence-electron chi connectivity index (χ4n) is 1.77. The van der Waals surface area contributed by atoms with Gasteiger partial charge in [-0.05, 0) is 37.1 Å². The van der Waals surface area contributed by atoms with E-state index in [0.717, 1.165) is 9.87 Å². The summed E-state index contributed by atoms with van der Waals surface area (Å²) in [5.74, 6) is 1.89. The number of ketones is 1. The molecule has 0 unspecified atom stereocenters. The largest absolute Gasteiger partial charge is 0.285 e. The Morgan fingerprint density at radius 2 is 1.59 bits per heavy atom. The standard InChI is InChI=1S/C17H15NO3S/c1-14-8-10-17(11-9-14)22(20,21)18(13-12-15(2)19)16-6-4-3-5-7-16/h3-11H,1-2H3. The number of Topliss-reactive ketones (excluding diaryl/α,β-unsaturated/α-hetero) is 1. The Labute approximate surface area is 130 Å². The molecule has 0 radical (unpaired) electrons. The van der Waals surface area contributed by atoms with E-state index in [2.05, 4.69) is 12.0 Å². The van der Waals surface area contributed by atoms with Gasteiger partial charge in [-0.1, -0.05) is 35.9 Å². The van der Waals surface area contributed by atoms with Crippen molar-refractivity contribution in [2.24, 2.45) is 0 Å². The third-order valence-corrected chi connectivity index (χ3v) is 4.53. The molecule has 0 amide bonds. The summed E-state index contributed by atoms with van der Waals surface area (Å²) in [5.41, 5.74) is 1.34. The molecule has 0 fully saturated rings. The first-order valence-electron chi connectivity index (χ1n) is 6.60. The van der Waals surface area contributed by atoms with E-state index in [1.807, 2.05) is 6.92 Å². The van der Waals surface area contributed by atoms with Crippen LogP contribution in [0.5, 0.6) is 0 Å². The lowest BCUT2D eigenvalue weighted by Crippen LogP contribution is -2.26. The minimum Gasteiger partial charge on any atom is -0.285 e. The van der Waals surface area contributed by atoms with E-state index in [-0.39, 0.29) is 4.90 Å². The van der Waals surface area contributed by atoms with Gasteiger partial charge in [-0.25, -0.2) is 8.42 Å². The summed E-state index contributed by atoms with van der Waals surface area (Å²) in [7, 11) is -3.86. The number of anilines is 1. The Kier molecular flexibility index (Phi) is 4.64. The fraction of sp³-hybridized carbons (Fsp3) is 0.118. The van der Waals surface area contributed by atoms with Crippen molar-refractivity contribution in [2.75, 3.05) is 4.31 Å². The summed E-state index contributed by atoms with van der Waals surface area (Å²) < 4.78 is 26.5. The highest BCUT2D eigenvalue weighted by Crippen LogP contribution is 2.22.